The minimum atomic E-state index is -3.82. The van der Waals surface area contributed by atoms with Crippen molar-refractivity contribution in [1.82, 2.24) is 9.71 Å². The smallest absolute Gasteiger partial charge is 0.323 e. The van der Waals surface area contributed by atoms with Crippen LogP contribution in [0.4, 0.5) is 0 Å². The third-order valence-electron chi connectivity index (χ3n) is 2.28. The topological polar surface area (TPSA) is 96.4 Å². The van der Waals surface area contributed by atoms with E-state index in [9.17, 15) is 13.2 Å². The second-order valence-corrected chi connectivity index (χ2v) is 6.66. The molecule has 17 heavy (non-hydrogen) atoms. The zero-order chi connectivity index (χ0) is 13.1. The fourth-order valence-electron chi connectivity index (χ4n) is 1.06. The van der Waals surface area contributed by atoms with Crippen LogP contribution >= 0.6 is 11.3 Å². The Morgan fingerprint density at radius 3 is 2.71 bits per heavy atom. The lowest BCUT2D eigenvalue weighted by molar-refractivity contribution is -0.136. The Kier molecular flexibility index (Phi) is 4.61. The van der Waals surface area contributed by atoms with Gasteiger partial charge < -0.3 is 5.11 Å². The van der Waals surface area contributed by atoms with Crippen LogP contribution in [0.15, 0.2) is 11.6 Å². The number of nitrogens with zero attached hydrogens (tertiary/aromatic N) is 1. The van der Waals surface area contributed by atoms with Gasteiger partial charge in [-0.15, -0.1) is 11.3 Å². The van der Waals surface area contributed by atoms with Crippen LogP contribution in [0, 0.1) is 0 Å². The molecular formula is C9H14N2O4S2. The van der Waals surface area contributed by atoms with Crippen molar-refractivity contribution in [3.63, 3.8) is 0 Å². The molecular weight excluding hydrogens is 264 g/mol. The van der Waals surface area contributed by atoms with E-state index in [0.29, 0.717) is 0 Å². The molecule has 0 saturated carbocycles. The van der Waals surface area contributed by atoms with Crippen LogP contribution in [0.1, 0.15) is 24.8 Å². The van der Waals surface area contributed by atoms with E-state index in [4.69, 9.17) is 5.11 Å². The van der Waals surface area contributed by atoms with Gasteiger partial charge in [0.2, 0.25) is 10.0 Å². The number of hydrogen-bond donors (Lipinski definition) is 2. The van der Waals surface area contributed by atoms with E-state index in [1.807, 2.05) is 6.92 Å². The van der Waals surface area contributed by atoms with Gasteiger partial charge in [0.1, 0.15) is 0 Å². The van der Waals surface area contributed by atoms with Crippen LogP contribution in [0.5, 0.6) is 0 Å². The quantitative estimate of drug-likeness (QED) is 0.796. The van der Waals surface area contributed by atoms with E-state index in [2.05, 4.69) is 9.71 Å². The van der Waals surface area contributed by atoms with E-state index in [-0.39, 0.29) is 12.5 Å². The predicted octanol–water partition coefficient (Wildman–Crippen LogP) is 0.639. The first kappa shape index (κ1) is 14.1. The maximum Gasteiger partial charge on any atom is 0.323 e. The molecule has 0 amide bonds. The van der Waals surface area contributed by atoms with Crippen LogP contribution < -0.4 is 4.72 Å². The fraction of sp³-hybridized carbons (Fsp3) is 0.556. The van der Waals surface area contributed by atoms with Gasteiger partial charge in [-0.3, -0.25) is 4.79 Å². The van der Waals surface area contributed by atoms with Gasteiger partial charge in [0.25, 0.3) is 0 Å². The molecule has 8 heteroatoms. The predicted molar refractivity (Wildman–Crippen MR) is 64.5 cm³/mol. The number of thiazole rings is 1. The summed E-state index contributed by atoms with van der Waals surface area (Å²) in [4.78, 5) is 14.7. The third kappa shape index (κ3) is 3.76. The van der Waals surface area contributed by atoms with E-state index in [1.54, 1.807) is 11.6 Å². The Hall–Kier alpha value is -0.990. The highest BCUT2D eigenvalue weighted by molar-refractivity contribution is 7.90. The summed E-state index contributed by atoms with van der Waals surface area (Å²) in [5.41, 5.74) is 0. The van der Waals surface area contributed by atoms with Crippen LogP contribution in [0.2, 0.25) is 0 Å². The fourth-order valence-corrected chi connectivity index (χ4v) is 2.76. The Balaban J connectivity index is 2.59. The largest absolute Gasteiger partial charge is 0.480 e. The van der Waals surface area contributed by atoms with Gasteiger partial charge in [-0.05, 0) is 6.92 Å². The molecule has 2 atom stereocenters. The average molecular weight is 278 g/mol. The van der Waals surface area contributed by atoms with Gasteiger partial charge in [-0.25, -0.2) is 18.1 Å². The summed E-state index contributed by atoms with van der Waals surface area (Å²) in [6.45, 7) is 3.11. The molecule has 2 unspecified atom stereocenters. The van der Waals surface area contributed by atoms with Crippen molar-refractivity contribution < 1.29 is 18.3 Å². The Morgan fingerprint density at radius 2 is 2.24 bits per heavy atom. The molecule has 0 fully saturated rings. The molecule has 0 aliphatic carbocycles. The Morgan fingerprint density at radius 1 is 1.59 bits per heavy atom. The molecule has 1 rings (SSSR count). The van der Waals surface area contributed by atoms with Crippen molar-refractivity contribution in [2.75, 3.05) is 6.54 Å². The molecule has 6 nitrogen and oxygen atoms in total. The highest BCUT2D eigenvalue weighted by Crippen LogP contribution is 2.16. The standard InChI is InChI=1S/C9H14N2O4S2/c1-6(8-10-3-4-16-8)5-11-17(14,15)7(2)9(12)13/h3-4,6-7,11H,5H2,1-2H3,(H,12,13). The van der Waals surface area contributed by atoms with Gasteiger partial charge in [-0.1, -0.05) is 6.92 Å². The molecule has 0 aliphatic heterocycles. The zero-order valence-electron chi connectivity index (χ0n) is 9.45. The van der Waals surface area contributed by atoms with Crippen molar-refractivity contribution >= 4 is 27.3 Å². The van der Waals surface area contributed by atoms with Crippen molar-refractivity contribution in [3.05, 3.63) is 16.6 Å². The van der Waals surface area contributed by atoms with Gasteiger partial charge >= 0.3 is 5.97 Å². The third-order valence-corrected chi connectivity index (χ3v) is 4.99. The molecule has 0 saturated heterocycles. The average Bonchev–Trinajstić information content (AvgIpc) is 2.78. The second kappa shape index (κ2) is 5.56. The number of sulfonamides is 1. The van der Waals surface area contributed by atoms with E-state index < -0.39 is 21.2 Å². The van der Waals surface area contributed by atoms with Gasteiger partial charge in [0.05, 0.1) is 5.01 Å². The van der Waals surface area contributed by atoms with Crippen LogP contribution in [0.3, 0.4) is 0 Å². The van der Waals surface area contributed by atoms with Crippen molar-refractivity contribution in [3.8, 4) is 0 Å². The first-order valence-corrected chi connectivity index (χ1v) is 7.38. The summed E-state index contributed by atoms with van der Waals surface area (Å²) in [5.74, 6) is -1.44. The number of carboxylic acid groups (broad SMARTS) is 1. The number of carbonyl (C=O) groups is 1. The Bertz CT molecular complexity index is 469. The maximum atomic E-state index is 11.5. The molecule has 1 aromatic heterocycles. The lowest BCUT2D eigenvalue weighted by Gasteiger charge is -2.12. The lowest BCUT2D eigenvalue weighted by atomic mass is 10.2. The van der Waals surface area contributed by atoms with Crippen molar-refractivity contribution in [2.24, 2.45) is 0 Å². The summed E-state index contributed by atoms with van der Waals surface area (Å²) in [6.07, 6.45) is 1.64. The first-order chi connectivity index (χ1) is 7.84. The number of aromatic nitrogens is 1. The molecule has 1 heterocycles. The normalized spacial score (nSPS) is 15.4. The number of nitrogens with one attached hydrogen (secondary N) is 1. The van der Waals surface area contributed by atoms with Gasteiger partial charge in [0.15, 0.2) is 5.25 Å². The number of hydrogen-bond acceptors (Lipinski definition) is 5. The molecule has 0 bridgehead atoms. The van der Waals surface area contributed by atoms with Crippen molar-refractivity contribution in [1.29, 1.82) is 0 Å². The molecule has 96 valence electrons. The summed E-state index contributed by atoms with van der Waals surface area (Å²) in [7, 11) is -3.82. The highest BCUT2D eigenvalue weighted by Gasteiger charge is 2.27. The zero-order valence-corrected chi connectivity index (χ0v) is 11.1. The maximum absolute atomic E-state index is 11.5. The van der Waals surface area contributed by atoms with E-state index in [0.717, 1.165) is 11.9 Å². The second-order valence-electron chi connectivity index (χ2n) is 3.65. The highest BCUT2D eigenvalue weighted by atomic mass is 32.2. The monoisotopic (exact) mass is 278 g/mol. The number of rotatable bonds is 6. The first-order valence-electron chi connectivity index (χ1n) is 4.95. The summed E-state index contributed by atoms with van der Waals surface area (Å²) < 4.78 is 25.4. The van der Waals surface area contributed by atoms with Crippen LogP contribution in [0.25, 0.3) is 0 Å². The van der Waals surface area contributed by atoms with E-state index >= 15 is 0 Å². The molecule has 0 radical (unpaired) electrons. The minimum absolute atomic E-state index is 0.0780. The van der Waals surface area contributed by atoms with Crippen molar-refractivity contribution in [2.45, 2.75) is 25.0 Å². The summed E-state index contributed by atoms with van der Waals surface area (Å²) in [5, 5.41) is 9.81. The molecule has 1 aromatic rings. The van der Waals surface area contributed by atoms with Gasteiger partial charge in [-0.2, -0.15) is 0 Å². The lowest BCUT2D eigenvalue weighted by Crippen LogP contribution is -2.39. The number of carboxylic acids is 1. The minimum Gasteiger partial charge on any atom is -0.480 e. The summed E-state index contributed by atoms with van der Waals surface area (Å²) >= 11 is 1.43. The number of aliphatic carboxylic acids is 1. The molecule has 0 spiro atoms. The van der Waals surface area contributed by atoms with E-state index in [1.165, 1.54) is 11.3 Å². The SMILES string of the molecule is CC(CNS(=O)(=O)C(C)C(=O)O)c1nccs1. The molecule has 0 aliphatic rings. The van der Waals surface area contributed by atoms with Gasteiger partial charge in [0, 0.05) is 24.0 Å². The van der Waals surface area contributed by atoms with Crippen LogP contribution in [-0.2, 0) is 14.8 Å². The molecule has 0 aromatic carbocycles. The Labute approximate surface area is 104 Å². The molecule has 2 N–H and O–H groups in total. The van der Waals surface area contributed by atoms with Crippen LogP contribution in [-0.4, -0.2) is 36.3 Å². The summed E-state index contributed by atoms with van der Waals surface area (Å²) in [6, 6.07) is 0.